The van der Waals surface area contributed by atoms with Gasteiger partial charge >= 0.3 is 6.01 Å². The molecule has 126 valence electrons. The van der Waals surface area contributed by atoms with Gasteiger partial charge in [-0.05, 0) is 42.9 Å². The van der Waals surface area contributed by atoms with E-state index in [9.17, 15) is 8.78 Å². The molecule has 0 N–H and O–H groups in total. The van der Waals surface area contributed by atoms with Crippen LogP contribution in [0.1, 0.15) is 23.6 Å². The molecule has 1 saturated carbocycles. The Labute approximate surface area is 137 Å². The molecule has 0 unspecified atom stereocenters. The molecule has 0 saturated heterocycles. The van der Waals surface area contributed by atoms with Crippen LogP contribution in [0.15, 0.2) is 24.4 Å². The largest absolute Gasteiger partial charge is 0.480 e. The molecule has 1 aliphatic rings. The summed E-state index contributed by atoms with van der Waals surface area (Å²) < 4.78 is 35.1. The minimum Gasteiger partial charge on any atom is -0.480 e. The van der Waals surface area contributed by atoms with Crippen molar-refractivity contribution in [3.05, 3.63) is 35.7 Å². The van der Waals surface area contributed by atoms with Crippen molar-refractivity contribution in [2.45, 2.75) is 19.3 Å². The molecule has 8 heteroatoms. The number of hydrogen-bond donors (Lipinski definition) is 0. The molecule has 2 aromatic rings. The van der Waals surface area contributed by atoms with Crippen LogP contribution in [-0.2, 0) is 0 Å². The second-order valence-corrected chi connectivity index (χ2v) is 5.51. The molecule has 2 atom stereocenters. The van der Waals surface area contributed by atoms with E-state index in [0.717, 1.165) is 17.3 Å². The number of aromatic nitrogens is 4. The molecule has 0 radical (unpaired) electrons. The van der Waals surface area contributed by atoms with Gasteiger partial charge in [-0.1, -0.05) is 0 Å². The zero-order chi connectivity index (χ0) is 17.3. The van der Waals surface area contributed by atoms with Gasteiger partial charge in [0, 0.05) is 6.20 Å². The van der Waals surface area contributed by atoms with Crippen LogP contribution in [-0.4, -0.2) is 34.4 Å². The van der Waals surface area contributed by atoms with Crippen molar-refractivity contribution in [1.82, 2.24) is 20.2 Å². The normalized spacial score (nSPS) is 18.9. The Kier molecular flexibility index (Phi) is 4.37. The van der Waals surface area contributed by atoms with Crippen LogP contribution in [0.3, 0.4) is 0 Å². The van der Waals surface area contributed by atoms with Gasteiger partial charge < -0.3 is 9.47 Å². The smallest absolute Gasteiger partial charge is 0.319 e. The van der Waals surface area contributed by atoms with E-state index in [4.69, 9.17) is 9.47 Å². The monoisotopic (exact) mass is 334 g/mol. The summed E-state index contributed by atoms with van der Waals surface area (Å²) in [5.41, 5.74) is 2.73. The molecular weight excluding hydrogens is 318 g/mol. The number of rotatable bonds is 5. The highest BCUT2D eigenvalue weighted by Crippen LogP contribution is 2.50. The first-order chi connectivity index (χ1) is 11.5. The maximum absolute atomic E-state index is 12.4. The van der Waals surface area contributed by atoms with Gasteiger partial charge in [0.1, 0.15) is 5.69 Å². The predicted octanol–water partition coefficient (Wildman–Crippen LogP) is 3.14. The van der Waals surface area contributed by atoms with E-state index in [1.54, 1.807) is 6.20 Å². The molecule has 0 bridgehead atoms. The molecule has 6 nitrogen and oxygen atoms in total. The highest BCUT2D eigenvalue weighted by Gasteiger charge is 2.39. The molecule has 24 heavy (non-hydrogen) atoms. The van der Waals surface area contributed by atoms with E-state index in [2.05, 4.69) is 20.2 Å². The van der Waals surface area contributed by atoms with Crippen molar-refractivity contribution >= 4 is 0 Å². The lowest BCUT2D eigenvalue weighted by atomic mass is 10.1. The third kappa shape index (κ3) is 3.17. The van der Waals surface area contributed by atoms with Gasteiger partial charge in [0.25, 0.3) is 6.08 Å². The summed E-state index contributed by atoms with van der Waals surface area (Å²) >= 11 is 0. The number of allylic oxidation sites excluding steroid dienone is 1. The van der Waals surface area contributed by atoms with Crippen molar-refractivity contribution in [3.63, 3.8) is 0 Å². The first-order valence-electron chi connectivity index (χ1n) is 7.36. The maximum Gasteiger partial charge on any atom is 0.319 e. The van der Waals surface area contributed by atoms with Gasteiger partial charge in [0.2, 0.25) is 5.88 Å². The van der Waals surface area contributed by atoms with E-state index >= 15 is 0 Å². The Balaban J connectivity index is 1.96. The number of nitrogens with zero attached hydrogens (tertiary/aromatic N) is 4. The number of hydrogen-bond acceptors (Lipinski definition) is 6. The predicted molar refractivity (Wildman–Crippen MR) is 82.0 cm³/mol. The van der Waals surface area contributed by atoms with E-state index in [1.807, 2.05) is 13.0 Å². The molecule has 3 rings (SSSR count). The van der Waals surface area contributed by atoms with E-state index in [1.165, 1.54) is 14.2 Å². The van der Waals surface area contributed by atoms with E-state index in [-0.39, 0.29) is 17.8 Å². The molecule has 2 aromatic heterocycles. The summed E-state index contributed by atoms with van der Waals surface area (Å²) in [6.45, 7) is 1.82. The van der Waals surface area contributed by atoms with Gasteiger partial charge in [-0.2, -0.15) is 18.9 Å². The Bertz CT molecular complexity index is 794. The Morgan fingerprint density at radius 1 is 1.25 bits per heavy atom. The zero-order valence-corrected chi connectivity index (χ0v) is 13.5. The molecule has 2 heterocycles. The summed E-state index contributed by atoms with van der Waals surface area (Å²) in [5, 5.41) is 8.30. The summed E-state index contributed by atoms with van der Waals surface area (Å²) in [6.07, 6.45) is 1.58. The molecule has 0 aromatic carbocycles. The molecule has 1 aliphatic carbocycles. The molecule has 0 spiro atoms. The van der Waals surface area contributed by atoms with Crippen LogP contribution >= 0.6 is 0 Å². The van der Waals surface area contributed by atoms with Gasteiger partial charge in [0.05, 0.1) is 25.5 Å². The SMILES string of the molecule is COc1ncc(-c2cc([C@H]3C[C@@H]3C=C(F)F)c(C)nn2)c(OC)n1. The lowest BCUT2D eigenvalue weighted by Gasteiger charge is -2.09. The first kappa shape index (κ1) is 16.2. The highest BCUT2D eigenvalue weighted by molar-refractivity contribution is 5.65. The summed E-state index contributed by atoms with van der Waals surface area (Å²) in [5.74, 6) is 0.193. The third-order valence-corrected chi connectivity index (χ3v) is 3.98. The molecule has 0 amide bonds. The second kappa shape index (κ2) is 6.46. The Morgan fingerprint density at radius 3 is 2.71 bits per heavy atom. The molecule has 1 fully saturated rings. The van der Waals surface area contributed by atoms with Crippen LogP contribution in [0, 0.1) is 12.8 Å². The number of methoxy groups -OCH3 is 2. The summed E-state index contributed by atoms with van der Waals surface area (Å²) in [6, 6.07) is 2.02. The fourth-order valence-corrected chi connectivity index (χ4v) is 2.67. The number of ether oxygens (including phenoxy) is 2. The minimum absolute atomic E-state index is 0.0333. The third-order valence-electron chi connectivity index (χ3n) is 3.98. The van der Waals surface area contributed by atoms with E-state index in [0.29, 0.717) is 23.6 Å². The zero-order valence-electron chi connectivity index (χ0n) is 13.5. The summed E-state index contributed by atoms with van der Waals surface area (Å²) in [7, 11) is 2.95. The minimum atomic E-state index is -1.65. The topological polar surface area (TPSA) is 70.0 Å². The quantitative estimate of drug-likeness (QED) is 0.836. The van der Waals surface area contributed by atoms with Gasteiger partial charge in [-0.3, -0.25) is 0 Å². The van der Waals surface area contributed by atoms with Crippen molar-refractivity contribution in [2.75, 3.05) is 14.2 Å². The van der Waals surface area contributed by atoms with Crippen LogP contribution in [0.2, 0.25) is 0 Å². The average molecular weight is 334 g/mol. The van der Waals surface area contributed by atoms with Crippen LogP contribution in [0.4, 0.5) is 8.78 Å². The average Bonchev–Trinajstić information content (AvgIpc) is 3.32. The van der Waals surface area contributed by atoms with E-state index < -0.39 is 6.08 Å². The fraction of sp³-hybridized carbons (Fsp3) is 0.375. The van der Waals surface area contributed by atoms with Crippen molar-refractivity contribution < 1.29 is 18.3 Å². The maximum atomic E-state index is 12.4. The standard InChI is InChI=1S/C16H16F2N4O2/c1-8-10(11-4-9(11)5-14(17)18)6-13(22-21-8)12-7-19-16(24-3)20-15(12)23-2/h5-7,9,11H,4H2,1-3H3/t9-,11+/m1/s1. The highest BCUT2D eigenvalue weighted by atomic mass is 19.3. The number of halogens is 2. The van der Waals surface area contributed by atoms with Crippen LogP contribution in [0.25, 0.3) is 11.3 Å². The lowest BCUT2D eigenvalue weighted by Crippen LogP contribution is -2.01. The van der Waals surface area contributed by atoms with Gasteiger partial charge in [-0.15, -0.1) is 5.10 Å². The van der Waals surface area contributed by atoms with Crippen LogP contribution < -0.4 is 9.47 Å². The van der Waals surface area contributed by atoms with Crippen molar-refractivity contribution in [2.24, 2.45) is 5.92 Å². The van der Waals surface area contributed by atoms with Gasteiger partial charge in [-0.25, -0.2) is 4.98 Å². The fourth-order valence-electron chi connectivity index (χ4n) is 2.67. The molecule has 0 aliphatic heterocycles. The second-order valence-electron chi connectivity index (χ2n) is 5.51. The first-order valence-corrected chi connectivity index (χ1v) is 7.36. The number of aryl methyl sites for hydroxylation is 1. The van der Waals surface area contributed by atoms with Crippen molar-refractivity contribution in [1.29, 1.82) is 0 Å². The van der Waals surface area contributed by atoms with Gasteiger partial charge in [0.15, 0.2) is 0 Å². The van der Waals surface area contributed by atoms with Crippen molar-refractivity contribution in [3.8, 4) is 23.1 Å². The Morgan fingerprint density at radius 2 is 2.04 bits per heavy atom. The summed E-state index contributed by atoms with van der Waals surface area (Å²) in [4.78, 5) is 8.18. The Hall–Kier alpha value is -2.64. The molecular formula is C16H16F2N4O2. The van der Waals surface area contributed by atoms with Crippen LogP contribution in [0.5, 0.6) is 11.9 Å². The lowest BCUT2D eigenvalue weighted by molar-refractivity contribution is 0.353.